The van der Waals surface area contributed by atoms with Gasteiger partial charge >= 0.3 is 0 Å². The molecule has 3 rings (SSSR count). The molecule has 0 spiro atoms. The summed E-state index contributed by atoms with van der Waals surface area (Å²) in [5, 5.41) is 2.59. The van der Waals surface area contributed by atoms with Crippen LogP contribution in [0.4, 0.5) is 4.79 Å². The number of nitrogens with one attached hydrogen (secondary N) is 1. The van der Waals surface area contributed by atoms with Gasteiger partial charge in [-0.15, -0.1) is 0 Å². The molecule has 1 aromatic rings. The normalized spacial score (nSPS) is 23.5. The maximum absolute atomic E-state index is 12.3. The van der Waals surface area contributed by atoms with Crippen LogP contribution in [0.2, 0.25) is 0 Å². The van der Waals surface area contributed by atoms with Gasteiger partial charge in [-0.25, -0.2) is 8.42 Å². The van der Waals surface area contributed by atoms with Gasteiger partial charge in [-0.3, -0.25) is 19.3 Å². The fourth-order valence-electron chi connectivity index (χ4n) is 3.53. The van der Waals surface area contributed by atoms with Crippen molar-refractivity contribution in [3.8, 4) is 0 Å². The second kappa shape index (κ2) is 8.43. The van der Waals surface area contributed by atoms with Crippen molar-refractivity contribution in [3.05, 3.63) is 30.3 Å². The summed E-state index contributed by atoms with van der Waals surface area (Å²) < 4.78 is 24.6. The first-order chi connectivity index (χ1) is 12.9. The smallest absolute Gasteiger partial charge is 0.289 e. The van der Waals surface area contributed by atoms with Crippen LogP contribution in [0.15, 0.2) is 35.2 Å². The lowest BCUT2D eigenvalue weighted by atomic mass is 9.89. The van der Waals surface area contributed by atoms with E-state index in [4.69, 9.17) is 0 Å². The Kier molecular flexibility index (Phi) is 6.21. The average Bonchev–Trinajstić information content (AvgIpc) is 3.00. The molecule has 7 nitrogen and oxygen atoms in total. The number of nitrogens with zero attached hydrogens (tertiary/aromatic N) is 1. The average molecular weight is 411 g/mol. The predicted molar refractivity (Wildman–Crippen MR) is 102 cm³/mol. The van der Waals surface area contributed by atoms with Gasteiger partial charge in [0.05, 0.1) is 22.4 Å². The summed E-state index contributed by atoms with van der Waals surface area (Å²) in [5.74, 6) is -0.732. The van der Waals surface area contributed by atoms with Crippen LogP contribution in [0.5, 0.6) is 0 Å². The molecule has 1 aromatic carbocycles. The molecule has 0 bridgehead atoms. The van der Waals surface area contributed by atoms with Crippen LogP contribution in [0.3, 0.4) is 0 Å². The molecular weight excluding hydrogens is 388 g/mol. The van der Waals surface area contributed by atoms with E-state index in [0.29, 0.717) is 12.8 Å². The molecule has 1 saturated carbocycles. The monoisotopic (exact) mass is 410 g/mol. The zero-order valence-corrected chi connectivity index (χ0v) is 16.4. The van der Waals surface area contributed by atoms with Crippen molar-refractivity contribution in [1.82, 2.24) is 10.2 Å². The Balaban J connectivity index is 1.60. The quantitative estimate of drug-likeness (QED) is 0.770. The van der Waals surface area contributed by atoms with E-state index in [1.54, 1.807) is 18.2 Å². The minimum Gasteiger partial charge on any atom is -0.351 e. The molecule has 1 heterocycles. The van der Waals surface area contributed by atoms with Gasteiger partial charge in [0, 0.05) is 12.5 Å². The van der Waals surface area contributed by atoms with E-state index in [2.05, 4.69) is 5.32 Å². The van der Waals surface area contributed by atoms with Crippen molar-refractivity contribution < 1.29 is 22.8 Å². The zero-order chi connectivity index (χ0) is 19.4. The molecule has 27 heavy (non-hydrogen) atoms. The summed E-state index contributed by atoms with van der Waals surface area (Å²) >= 11 is 0.985. The Morgan fingerprint density at radius 1 is 1.15 bits per heavy atom. The number of carbonyl (C=O) groups is 3. The number of thioether (sulfide) groups is 1. The van der Waals surface area contributed by atoms with E-state index < -0.39 is 9.84 Å². The molecular formula is C18H22N2O5S2. The Labute approximate surface area is 162 Å². The van der Waals surface area contributed by atoms with Crippen LogP contribution in [-0.4, -0.2) is 54.0 Å². The van der Waals surface area contributed by atoms with Gasteiger partial charge in [0.15, 0.2) is 9.84 Å². The van der Waals surface area contributed by atoms with Crippen molar-refractivity contribution in [3.63, 3.8) is 0 Å². The van der Waals surface area contributed by atoms with Crippen molar-refractivity contribution in [2.75, 3.05) is 11.5 Å². The van der Waals surface area contributed by atoms with Gasteiger partial charge in [-0.2, -0.15) is 0 Å². The van der Waals surface area contributed by atoms with Gasteiger partial charge in [-0.05, 0) is 25.0 Å². The summed E-state index contributed by atoms with van der Waals surface area (Å²) in [5.41, 5.74) is 0. The third kappa shape index (κ3) is 4.70. The summed E-state index contributed by atoms with van der Waals surface area (Å²) in [6.45, 7) is 0. The fraction of sp³-hybridized carbons (Fsp3) is 0.500. The highest BCUT2D eigenvalue weighted by atomic mass is 32.2. The maximum atomic E-state index is 12.3. The highest BCUT2D eigenvalue weighted by Gasteiger charge is 2.41. The molecule has 2 fully saturated rings. The lowest BCUT2D eigenvalue weighted by molar-refractivity contribution is -0.129. The van der Waals surface area contributed by atoms with Gasteiger partial charge in [0.25, 0.3) is 5.24 Å². The number of sulfone groups is 1. The first kappa shape index (κ1) is 19.9. The third-order valence-electron chi connectivity index (χ3n) is 4.89. The second-order valence-corrected chi connectivity index (χ2v) is 9.76. The molecule has 2 atom stereocenters. The minimum atomic E-state index is -3.53. The van der Waals surface area contributed by atoms with Crippen LogP contribution in [0, 0.1) is 0 Å². The van der Waals surface area contributed by atoms with E-state index in [1.807, 2.05) is 0 Å². The lowest BCUT2D eigenvalue weighted by Crippen LogP contribution is -2.54. The van der Waals surface area contributed by atoms with Crippen molar-refractivity contribution in [2.45, 2.75) is 49.1 Å². The van der Waals surface area contributed by atoms with Gasteiger partial charge < -0.3 is 5.32 Å². The van der Waals surface area contributed by atoms with Crippen LogP contribution in [0.25, 0.3) is 0 Å². The molecule has 1 aliphatic heterocycles. The van der Waals surface area contributed by atoms with Crippen LogP contribution in [0.1, 0.15) is 32.1 Å². The Bertz CT molecular complexity index is 809. The van der Waals surface area contributed by atoms with E-state index >= 15 is 0 Å². The van der Waals surface area contributed by atoms with Crippen LogP contribution < -0.4 is 5.32 Å². The number of hydrogen-bond acceptors (Lipinski definition) is 6. The topological polar surface area (TPSA) is 101 Å². The first-order valence-electron chi connectivity index (χ1n) is 8.94. The van der Waals surface area contributed by atoms with Gasteiger partial charge in [0.1, 0.15) is 0 Å². The molecule has 0 radical (unpaired) electrons. The molecule has 9 heteroatoms. The number of hydrogen-bond donors (Lipinski definition) is 1. The summed E-state index contributed by atoms with van der Waals surface area (Å²) in [6.07, 6.45) is 2.96. The highest BCUT2D eigenvalue weighted by molar-refractivity contribution is 8.14. The van der Waals surface area contributed by atoms with Gasteiger partial charge in [0.2, 0.25) is 11.8 Å². The van der Waals surface area contributed by atoms with E-state index in [9.17, 15) is 22.8 Å². The highest BCUT2D eigenvalue weighted by Crippen LogP contribution is 2.30. The maximum Gasteiger partial charge on any atom is 0.289 e. The number of benzene rings is 1. The Morgan fingerprint density at radius 3 is 2.52 bits per heavy atom. The van der Waals surface area contributed by atoms with Crippen molar-refractivity contribution >= 4 is 38.7 Å². The Hall–Kier alpha value is -1.87. The SMILES string of the molecule is O=C(CCS(=O)(=O)c1ccccc1)NC1CCCCC1N1C(=O)CSC1=O. The third-order valence-corrected chi connectivity index (χ3v) is 7.46. The molecule has 2 aliphatic rings. The summed E-state index contributed by atoms with van der Waals surface area (Å²) in [6, 6.07) is 7.36. The lowest BCUT2D eigenvalue weighted by Gasteiger charge is -2.36. The molecule has 146 valence electrons. The molecule has 0 aromatic heterocycles. The zero-order valence-electron chi connectivity index (χ0n) is 14.8. The molecule has 2 unspecified atom stereocenters. The van der Waals surface area contributed by atoms with E-state index in [-0.39, 0.29) is 52.0 Å². The van der Waals surface area contributed by atoms with Crippen LogP contribution in [-0.2, 0) is 19.4 Å². The first-order valence-corrected chi connectivity index (χ1v) is 11.6. The van der Waals surface area contributed by atoms with Crippen molar-refractivity contribution in [2.24, 2.45) is 0 Å². The number of carbonyl (C=O) groups excluding carboxylic acids is 3. The standard InChI is InChI=1S/C18H22N2O5S2/c21-16(10-11-27(24,25)13-6-2-1-3-7-13)19-14-8-4-5-9-15(14)20-17(22)12-26-18(20)23/h1-3,6-7,14-15H,4-5,8-12H2,(H,19,21). The molecule has 1 N–H and O–H groups in total. The molecule has 1 aliphatic carbocycles. The van der Waals surface area contributed by atoms with E-state index in [1.165, 1.54) is 17.0 Å². The summed E-state index contributed by atoms with van der Waals surface area (Å²) in [4.78, 5) is 37.8. The van der Waals surface area contributed by atoms with Crippen LogP contribution >= 0.6 is 11.8 Å². The number of imide groups is 1. The largest absolute Gasteiger partial charge is 0.351 e. The molecule has 3 amide bonds. The second-order valence-electron chi connectivity index (χ2n) is 6.73. The van der Waals surface area contributed by atoms with Gasteiger partial charge in [-0.1, -0.05) is 42.8 Å². The van der Waals surface area contributed by atoms with Crippen molar-refractivity contribution in [1.29, 1.82) is 0 Å². The summed E-state index contributed by atoms with van der Waals surface area (Å²) in [7, 11) is -3.53. The minimum absolute atomic E-state index is 0.144. The number of rotatable bonds is 6. The fourth-order valence-corrected chi connectivity index (χ4v) is 5.55. The number of amides is 3. The molecule has 1 saturated heterocycles. The Morgan fingerprint density at radius 2 is 1.85 bits per heavy atom. The predicted octanol–water partition coefficient (Wildman–Crippen LogP) is 1.97. The van der Waals surface area contributed by atoms with E-state index in [0.717, 1.165) is 24.6 Å².